The first-order valence-electron chi connectivity index (χ1n) is 22.9. The lowest BCUT2D eigenvalue weighted by molar-refractivity contribution is -0.124. The van der Waals surface area contributed by atoms with Crippen molar-refractivity contribution in [2.45, 2.75) is 244 Å². The Balaban J connectivity index is 3.71. The Labute approximate surface area is 329 Å². The molecule has 0 aromatic heterocycles. The minimum atomic E-state index is -0.962. The number of hydrogen-bond donors (Lipinski definition) is 4. The van der Waals surface area contributed by atoms with E-state index in [1.807, 2.05) is 6.08 Å². The second kappa shape index (κ2) is 43.0. The lowest BCUT2D eigenvalue weighted by Crippen LogP contribution is -2.45. The second-order valence-corrected chi connectivity index (χ2v) is 15.6. The van der Waals surface area contributed by atoms with E-state index < -0.39 is 18.2 Å². The van der Waals surface area contributed by atoms with Crippen LogP contribution in [0.1, 0.15) is 226 Å². The summed E-state index contributed by atoms with van der Waals surface area (Å²) in [5.74, 6) is -0.334. The van der Waals surface area contributed by atoms with Gasteiger partial charge in [-0.15, -0.1) is 0 Å². The third-order valence-electron chi connectivity index (χ3n) is 10.3. The summed E-state index contributed by atoms with van der Waals surface area (Å²) in [6.45, 7) is 4.19. The lowest BCUT2D eigenvalue weighted by Gasteiger charge is -2.21. The average molecular weight is 744 g/mol. The molecule has 0 saturated heterocycles. The first-order chi connectivity index (χ1) is 26.0. The summed E-state index contributed by atoms with van der Waals surface area (Å²) < 4.78 is 0. The minimum absolute atomic E-state index is 0.00243. The first-order valence-corrected chi connectivity index (χ1v) is 22.9. The molecule has 4 N–H and O–H groups in total. The monoisotopic (exact) mass is 744 g/mol. The van der Waals surface area contributed by atoms with Gasteiger partial charge in [-0.05, 0) is 70.6 Å². The third kappa shape index (κ3) is 39.8. The van der Waals surface area contributed by atoms with E-state index in [0.29, 0.717) is 6.42 Å². The molecule has 0 saturated carbocycles. The second-order valence-electron chi connectivity index (χ2n) is 15.6. The molecule has 3 unspecified atom stereocenters. The molecule has 0 bridgehead atoms. The van der Waals surface area contributed by atoms with Gasteiger partial charge in [-0.1, -0.05) is 197 Å². The van der Waals surface area contributed by atoms with Gasteiger partial charge in [-0.3, -0.25) is 4.79 Å². The lowest BCUT2D eigenvalue weighted by atomic mass is 10.0. The number of nitrogens with one attached hydrogen (secondary N) is 1. The zero-order chi connectivity index (χ0) is 38.7. The van der Waals surface area contributed by atoms with Crippen molar-refractivity contribution in [1.29, 1.82) is 0 Å². The Morgan fingerprint density at radius 1 is 0.472 bits per heavy atom. The van der Waals surface area contributed by atoms with Crippen LogP contribution in [0.4, 0.5) is 0 Å². The van der Waals surface area contributed by atoms with Gasteiger partial charge in [0, 0.05) is 0 Å². The quantitative estimate of drug-likeness (QED) is 0.0371. The topological polar surface area (TPSA) is 89.8 Å². The normalized spacial score (nSPS) is 14.0. The predicted molar refractivity (Wildman–Crippen MR) is 231 cm³/mol. The summed E-state index contributed by atoms with van der Waals surface area (Å²) in [7, 11) is 0. The highest BCUT2D eigenvalue weighted by molar-refractivity contribution is 5.76. The molecule has 0 aliphatic heterocycles. The molecule has 1 amide bonds. The number of unbranched alkanes of at least 4 members (excludes halogenated alkanes) is 26. The molecule has 0 rings (SSSR count). The van der Waals surface area contributed by atoms with Crippen LogP contribution in [-0.2, 0) is 4.79 Å². The Kier molecular flexibility index (Phi) is 41.7. The molecule has 5 nitrogen and oxygen atoms in total. The van der Waals surface area contributed by atoms with Gasteiger partial charge in [-0.2, -0.15) is 0 Å². The highest BCUT2D eigenvalue weighted by atomic mass is 16.3. The molecule has 0 spiro atoms. The van der Waals surface area contributed by atoms with Crippen molar-refractivity contribution in [1.82, 2.24) is 5.32 Å². The van der Waals surface area contributed by atoms with Crippen molar-refractivity contribution < 1.29 is 20.1 Å². The molecular weight excluding hydrogens is 655 g/mol. The molecule has 0 fully saturated rings. The van der Waals surface area contributed by atoms with Crippen LogP contribution >= 0.6 is 0 Å². The Morgan fingerprint density at radius 3 is 1.21 bits per heavy atom. The summed E-state index contributed by atoms with van der Waals surface area (Å²) in [6, 6.07) is -0.770. The number of carbonyl (C=O) groups excluding carboxylic acids is 1. The molecular formula is C48H89NO4. The van der Waals surface area contributed by atoms with Crippen LogP contribution in [0, 0.1) is 0 Å². The van der Waals surface area contributed by atoms with E-state index in [-0.39, 0.29) is 18.9 Å². The molecule has 0 aromatic rings. The summed E-state index contributed by atoms with van der Waals surface area (Å²) in [5, 5.41) is 33.2. The number of amides is 1. The van der Waals surface area contributed by atoms with Crippen molar-refractivity contribution in [3.05, 3.63) is 48.6 Å². The SMILES string of the molecule is CCCCCCCC/C=C/CC/C=C/CC/C=C/C(O)C(CO)NC(=O)CC(O)CCCCCCCC/C=C\CCCCCCCCCCCCCC. The molecule has 0 aliphatic carbocycles. The van der Waals surface area contributed by atoms with Crippen molar-refractivity contribution in [2.24, 2.45) is 0 Å². The highest BCUT2D eigenvalue weighted by Crippen LogP contribution is 2.14. The Hall–Kier alpha value is -1.69. The number of allylic oxidation sites excluding steroid dienone is 7. The number of rotatable bonds is 41. The van der Waals surface area contributed by atoms with Gasteiger partial charge in [0.15, 0.2) is 0 Å². The van der Waals surface area contributed by atoms with Gasteiger partial charge >= 0.3 is 0 Å². The number of aliphatic hydroxyl groups is 3. The molecule has 53 heavy (non-hydrogen) atoms. The number of hydrogen-bond acceptors (Lipinski definition) is 4. The average Bonchev–Trinajstić information content (AvgIpc) is 3.15. The predicted octanol–water partition coefficient (Wildman–Crippen LogP) is 13.3. The van der Waals surface area contributed by atoms with Gasteiger partial charge in [0.1, 0.15) is 0 Å². The van der Waals surface area contributed by atoms with Crippen LogP contribution in [0.25, 0.3) is 0 Å². The fourth-order valence-corrected chi connectivity index (χ4v) is 6.78. The molecule has 3 atom stereocenters. The van der Waals surface area contributed by atoms with E-state index >= 15 is 0 Å². The Morgan fingerprint density at radius 2 is 0.811 bits per heavy atom. The Bertz CT molecular complexity index is 866. The maximum Gasteiger partial charge on any atom is 0.222 e. The van der Waals surface area contributed by atoms with E-state index in [2.05, 4.69) is 55.6 Å². The van der Waals surface area contributed by atoms with Gasteiger partial charge in [0.25, 0.3) is 0 Å². The van der Waals surface area contributed by atoms with Gasteiger partial charge < -0.3 is 20.6 Å². The van der Waals surface area contributed by atoms with E-state index in [1.54, 1.807) is 6.08 Å². The summed E-state index contributed by atoms with van der Waals surface area (Å²) in [5.41, 5.74) is 0. The largest absolute Gasteiger partial charge is 0.394 e. The third-order valence-corrected chi connectivity index (χ3v) is 10.3. The van der Waals surface area contributed by atoms with Crippen molar-refractivity contribution in [3.8, 4) is 0 Å². The van der Waals surface area contributed by atoms with Gasteiger partial charge in [0.2, 0.25) is 5.91 Å². The first kappa shape index (κ1) is 51.3. The van der Waals surface area contributed by atoms with E-state index in [1.165, 1.54) is 161 Å². The highest BCUT2D eigenvalue weighted by Gasteiger charge is 2.20. The summed E-state index contributed by atoms with van der Waals surface area (Å²) >= 11 is 0. The van der Waals surface area contributed by atoms with E-state index in [9.17, 15) is 20.1 Å². The molecule has 0 radical (unpaired) electrons. The summed E-state index contributed by atoms with van der Waals surface area (Å²) in [4.78, 5) is 12.4. The maximum atomic E-state index is 12.4. The smallest absolute Gasteiger partial charge is 0.222 e. The zero-order valence-corrected chi connectivity index (χ0v) is 35.1. The maximum absolute atomic E-state index is 12.4. The zero-order valence-electron chi connectivity index (χ0n) is 35.1. The van der Waals surface area contributed by atoms with E-state index in [4.69, 9.17) is 0 Å². The number of carbonyl (C=O) groups is 1. The van der Waals surface area contributed by atoms with Crippen molar-refractivity contribution >= 4 is 5.91 Å². The standard InChI is InChI=1S/C48H89NO4/c1-3-5-7-9-11-13-15-17-19-21-22-23-24-25-26-27-29-31-33-35-37-39-41-45(51)43-48(53)49-46(44-50)47(52)42-40-38-36-34-32-30-28-20-18-16-14-12-10-8-6-4-2/h18,20,25-26,32,34,40,42,45-47,50-52H,3-17,19,21-24,27-31,33,35-39,41,43-44H2,1-2H3,(H,49,53)/b20-18+,26-25-,34-32+,42-40+. The number of aliphatic hydroxyl groups excluding tert-OH is 3. The minimum Gasteiger partial charge on any atom is -0.394 e. The van der Waals surface area contributed by atoms with Crippen LogP contribution in [0.3, 0.4) is 0 Å². The van der Waals surface area contributed by atoms with Crippen molar-refractivity contribution in [3.63, 3.8) is 0 Å². The van der Waals surface area contributed by atoms with Crippen molar-refractivity contribution in [2.75, 3.05) is 6.61 Å². The fourth-order valence-electron chi connectivity index (χ4n) is 6.78. The molecule has 5 heteroatoms. The van der Waals surface area contributed by atoms with E-state index in [0.717, 1.165) is 38.5 Å². The van der Waals surface area contributed by atoms with Crippen LogP contribution in [0.2, 0.25) is 0 Å². The molecule has 310 valence electrons. The van der Waals surface area contributed by atoms with Crippen LogP contribution in [0.5, 0.6) is 0 Å². The van der Waals surface area contributed by atoms with Gasteiger partial charge in [0.05, 0.1) is 31.3 Å². The van der Waals surface area contributed by atoms with Crippen LogP contribution in [-0.4, -0.2) is 46.1 Å². The van der Waals surface area contributed by atoms with Crippen LogP contribution in [0.15, 0.2) is 48.6 Å². The molecule has 0 aliphatic rings. The molecule has 0 aromatic carbocycles. The fraction of sp³-hybridized carbons (Fsp3) is 0.812. The summed E-state index contributed by atoms with van der Waals surface area (Å²) in [6.07, 6.45) is 55.4. The van der Waals surface area contributed by atoms with Gasteiger partial charge in [-0.25, -0.2) is 0 Å². The van der Waals surface area contributed by atoms with Crippen LogP contribution < -0.4 is 5.32 Å². The molecule has 0 heterocycles.